The molecule has 1 N–H and O–H groups in total. The van der Waals surface area contributed by atoms with Crippen LogP contribution in [-0.2, 0) is 14.3 Å². The number of rotatable bonds is 10. The topological polar surface area (TPSA) is 65.0 Å². The lowest BCUT2D eigenvalue weighted by molar-refractivity contribution is -0.159. The summed E-state index contributed by atoms with van der Waals surface area (Å²) < 4.78 is 16.8. The first-order valence-corrected chi connectivity index (χ1v) is 11.2. The molecular formula is C26H38O5. The Balaban J connectivity index is 2.06. The van der Waals surface area contributed by atoms with Crippen molar-refractivity contribution >= 4 is 12.0 Å². The second-order valence-electron chi connectivity index (χ2n) is 8.75. The maximum atomic E-state index is 12.5. The molecule has 1 saturated carbocycles. The monoisotopic (exact) mass is 430 g/mol. The summed E-state index contributed by atoms with van der Waals surface area (Å²) in [5.41, 5.74) is 2.10. The minimum absolute atomic E-state index is 0.0410. The number of carbonyl (C=O) groups excluding carboxylic acids is 1. The molecule has 0 radical (unpaired) electrons. The SMILES string of the molecule is COc1ccc(C=CC(=O)O[C@@H]2CC[C@H](CO)[C@@H](C(C)=CCCC(C)C)[C@@H]2OC)cc1. The summed E-state index contributed by atoms with van der Waals surface area (Å²) in [7, 11) is 3.28. The van der Waals surface area contributed by atoms with Crippen LogP contribution in [0.5, 0.6) is 5.75 Å². The fourth-order valence-corrected chi connectivity index (χ4v) is 4.33. The van der Waals surface area contributed by atoms with Gasteiger partial charge in [-0.05, 0) is 68.2 Å². The van der Waals surface area contributed by atoms with E-state index in [4.69, 9.17) is 14.2 Å². The van der Waals surface area contributed by atoms with Crippen molar-refractivity contribution in [3.05, 3.63) is 47.6 Å². The van der Waals surface area contributed by atoms with Crippen molar-refractivity contribution in [2.75, 3.05) is 20.8 Å². The fourth-order valence-electron chi connectivity index (χ4n) is 4.33. The minimum Gasteiger partial charge on any atom is -0.497 e. The Morgan fingerprint density at radius 3 is 2.48 bits per heavy atom. The number of allylic oxidation sites excluding steroid dienone is 1. The van der Waals surface area contributed by atoms with Gasteiger partial charge in [-0.2, -0.15) is 0 Å². The van der Waals surface area contributed by atoms with Crippen molar-refractivity contribution in [3.8, 4) is 5.75 Å². The van der Waals surface area contributed by atoms with Gasteiger partial charge in [0.05, 0.1) is 7.11 Å². The highest BCUT2D eigenvalue weighted by Gasteiger charge is 2.41. The zero-order valence-electron chi connectivity index (χ0n) is 19.5. The predicted octanol–water partition coefficient (Wildman–Crippen LogP) is 5.04. The molecule has 0 aliphatic heterocycles. The van der Waals surface area contributed by atoms with Gasteiger partial charge in [0.15, 0.2) is 0 Å². The molecule has 0 bridgehead atoms. The normalized spacial score (nSPS) is 24.5. The maximum Gasteiger partial charge on any atom is 0.331 e. The summed E-state index contributed by atoms with van der Waals surface area (Å²) in [5.74, 6) is 1.19. The van der Waals surface area contributed by atoms with Gasteiger partial charge in [-0.15, -0.1) is 0 Å². The van der Waals surface area contributed by atoms with Gasteiger partial charge in [0, 0.05) is 25.7 Å². The third kappa shape index (κ3) is 7.51. The molecule has 5 nitrogen and oxygen atoms in total. The van der Waals surface area contributed by atoms with Crippen molar-refractivity contribution in [2.24, 2.45) is 17.8 Å². The van der Waals surface area contributed by atoms with Crippen LogP contribution in [0, 0.1) is 17.8 Å². The van der Waals surface area contributed by atoms with Gasteiger partial charge in [0.25, 0.3) is 0 Å². The van der Waals surface area contributed by atoms with Crippen LogP contribution >= 0.6 is 0 Å². The number of hydrogen-bond donors (Lipinski definition) is 1. The molecule has 172 valence electrons. The van der Waals surface area contributed by atoms with E-state index in [1.54, 1.807) is 20.3 Å². The lowest BCUT2D eigenvalue weighted by atomic mass is 9.72. The van der Waals surface area contributed by atoms with Crippen LogP contribution in [-0.4, -0.2) is 44.1 Å². The van der Waals surface area contributed by atoms with Gasteiger partial charge < -0.3 is 19.3 Å². The first kappa shape index (κ1) is 25.2. The standard InChI is InChI=1S/C26H38O5/c1-18(2)7-6-8-19(3)25-21(17-27)12-15-23(26(25)30-5)31-24(28)16-11-20-9-13-22(29-4)14-10-20/h8-11,13-14,16,18,21,23,25-27H,6-7,12,15,17H2,1-5H3/t21-,23-,25-,26-/m1/s1. The molecule has 0 heterocycles. The highest BCUT2D eigenvalue weighted by Crippen LogP contribution is 2.38. The molecule has 1 fully saturated rings. The average molecular weight is 431 g/mol. The van der Waals surface area contributed by atoms with E-state index in [9.17, 15) is 9.90 Å². The number of esters is 1. The molecule has 1 aromatic rings. The van der Waals surface area contributed by atoms with Crippen molar-refractivity contribution in [1.29, 1.82) is 0 Å². The number of methoxy groups -OCH3 is 2. The predicted molar refractivity (Wildman–Crippen MR) is 124 cm³/mol. The summed E-state index contributed by atoms with van der Waals surface area (Å²) >= 11 is 0. The molecule has 4 atom stereocenters. The van der Waals surface area contributed by atoms with Crippen molar-refractivity contribution in [2.45, 2.75) is 58.7 Å². The van der Waals surface area contributed by atoms with Crippen molar-refractivity contribution < 1.29 is 24.1 Å². The Morgan fingerprint density at radius 2 is 1.90 bits per heavy atom. The van der Waals surface area contributed by atoms with Crippen LogP contribution in [0.25, 0.3) is 6.08 Å². The van der Waals surface area contributed by atoms with Gasteiger partial charge in [0.1, 0.15) is 18.0 Å². The fraction of sp³-hybridized carbons (Fsp3) is 0.577. The summed E-state index contributed by atoms with van der Waals surface area (Å²) in [6, 6.07) is 7.46. The molecule has 1 aliphatic rings. The number of benzene rings is 1. The van der Waals surface area contributed by atoms with Crippen LogP contribution in [0.2, 0.25) is 0 Å². The van der Waals surface area contributed by atoms with E-state index in [2.05, 4.69) is 26.8 Å². The molecule has 0 aromatic heterocycles. The molecule has 1 aliphatic carbocycles. The van der Waals surface area contributed by atoms with Crippen LogP contribution < -0.4 is 4.74 Å². The Morgan fingerprint density at radius 1 is 1.19 bits per heavy atom. The van der Waals surface area contributed by atoms with E-state index >= 15 is 0 Å². The van der Waals surface area contributed by atoms with Gasteiger partial charge in [-0.3, -0.25) is 0 Å². The molecule has 0 amide bonds. The number of aliphatic hydroxyl groups excluding tert-OH is 1. The third-order valence-corrected chi connectivity index (χ3v) is 6.09. The third-order valence-electron chi connectivity index (χ3n) is 6.09. The molecule has 0 spiro atoms. The van der Waals surface area contributed by atoms with E-state index in [1.807, 2.05) is 24.3 Å². The van der Waals surface area contributed by atoms with E-state index in [-0.39, 0.29) is 36.6 Å². The van der Waals surface area contributed by atoms with E-state index in [0.717, 1.165) is 30.6 Å². The molecule has 1 aromatic carbocycles. The van der Waals surface area contributed by atoms with Crippen LogP contribution in [0.4, 0.5) is 0 Å². The van der Waals surface area contributed by atoms with Gasteiger partial charge in [0.2, 0.25) is 0 Å². The number of carbonyl (C=O) groups is 1. The van der Waals surface area contributed by atoms with Gasteiger partial charge in [-0.25, -0.2) is 4.79 Å². The molecular weight excluding hydrogens is 392 g/mol. The molecule has 31 heavy (non-hydrogen) atoms. The van der Waals surface area contributed by atoms with E-state index in [1.165, 1.54) is 11.6 Å². The lowest BCUT2D eigenvalue weighted by Gasteiger charge is -2.41. The summed E-state index contributed by atoms with van der Waals surface area (Å²) in [4.78, 5) is 12.5. The minimum atomic E-state index is -0.384. The number of hydrogen-bond acceptors (Lipinski definition) is 5. The largest absolute Gasteiger partial charge is 0.497 e. The Hall–Kier alpha value is -2.11. The second-order valence-corrected chi connectivity index (χ2v) is 8.75. The second kappa shape index (κ2) is 12.7. The summed E-state index contributed by atoms with van der Waals surface area (Å²) in [6.45, 7) is 6.64. The van der Waals surface area contributed by atoms with Crippen molar-refractivity contribution in [3.63, 3.8) is 0 Å². The lowest BCUT2D eigenvalue weighted by Crippen LogP contribution is -2.47. The Kier molecular flexibility index (Phi) is 10.3. The quantitative estimate of drug-likeness (QED) is 0.320. The van der Waals surface area contributed by atoms with E-state index in [0.29, 0.717) is 12.3 Å². The molecule has 5 heteroatoms. The van der Waals surface area contributed by atoms with Crippen molar-refractivity contribution in [1.82, 2.24) is 0 Å². The van der Waals surface area contributed by atoms with Crippen LogP contribution in [0.15, 0.2) is 42.0 Å². The zero-order valence-corrected chi connectivity index (χ0v) is 19.5. The van der Waals surface area contributed by atoms with Gasteiger partial charge >= 0.3 is 5.97 Å². The maximum absolute atomic E-state index is 12.5. The first-order valence-electron chi connectivity index (χ1n) is 11.2. The smallest absolute Gasteiger partial charge is 0.331 e. The molecule has 0 saturated heterocycles. The first-order chi connectivity index (χ1) is 14.9. The molecule has 2 rings (SSSR count). The summed E-state index contributed by atoms with van der Waals surface area (Å²) in [6.07, 6.45) is 8.46. The molecule has 0 unspecified atom stereocenters. The highest BCUT2D eigenvalue weighted by molar-refractivity contribution is 5.87. The van der Waals surface area contributed by atoms with Crippen LogP contribution in [0.3, 0.4) is 0 Å². The van der Waals surface area contributed by atoms with Crippen LogP contribution in [0.1, 0.15) is 52.0 Å². The zero-order chi connectivity index (χ0) is 22.8. The highest BCUT2D eigenvalue weighted by atomic mass is 16.6. The van der Waals surface area contributed by atoms with Gasteiger partial charge in [-0.1, -0.05) is 37.6 Å². The van der Waals surface area contributed by atoms with E-state index < -0.39 is 0 Å². The number of aliphatic hydroxyl groups is 1. The number of ether oxygens (including phenoxy) is 3. The average Bonchev–Trinajstić information content (AvgIpc) is 2.77. The Labute approximate surface area is 187 Å². The Bertz CT molecular complexity index is 735. The summed E-state index contributed by atoms with van der Waals surface area (Å²) in [5, 5.41) is 9.94.